The quantitative estimate of drug-likeness (QED) is 0.728. The smallest absolute Gasteiger partial charge is 0.244 e. The third-order valence-electron chi connectivity index (χ3n) is 5.81. The molecule has 1 aromatic heterocycles. The van der Waals surface area contributed by atoms with Gasteiger partial charge in [-0.1, -0.05) is 88.1 Å². The molecular formula is C23H35N3O2S. The van der Waals surface area contributed by atoms with E-state index in [1.165, 1.54) is 44.9 Å². The van der Waals surface area contributed by atoms with Crippen molar-refractivity contribution in [3.63, 3.8) is 0 Å². The molecule has 0 spiro atoms. The molecule has 0 unspecified atom stereocenters. The molecule has 6 heteroatoms. The fourth-order valence-corrected chi connectivity index (χ4v) is 5.67. The predicted octanol–water partition coefficient (Wildman–Crippen LogP) is 5.19. The van der Waals surface area contributed by atoms with Crippen molar-refractivity contribution in [2.75, 3.05) is 0 Å². The Morgan fingerprint density at radius 3 is 2.07 bits per heavy atom. The number of nitrogens with zero attached hydrogens (tertiary/aromatic N) is 2. The highest BCUT2D eigenvalue weighted by Crippen LogP contribution is 2.20. The molecule has 0 bridgehead atoms. The van der Waals surface area contributed by atoms with Crippen LogP contribution in [-0.2, 0) is 16.6 Å². The molecule has 0 saturated heterocycles. The lowest BCUT2D eigenvalue weighted by Gasteiger charge is -2.19. The van der Waals surface area contributed by atoms with Crippen LogP contribution in [-0.4, -0.2) is 24.2 Å². The van der Waals surface area contributed by atoms with E-state index in [1.807, 2.05) is 30.3 Å². The molecule has 0 amide bonds. The molecule has 0 atom stereocenters. The summed E-state index contributed by atoms with van der Waals surface area (Å²) >= 11 is 0. The van der Waals surface area contributed by atoms with Crippen molar-refractivity contribution in [1.29, 1.82) is 0 Å². The predicted molar refractivity (Wildman–Crippen MR) is 117 cm³/mol. The van der Waals surface area contributed by atoms with E-state index in [1.54, 1.807) is 17.8 Å². The van der Waals surface area contributed by atoms with Crippen molar-refractivity contribution in [3.8, 4) is 0 Å². The highest BCUT2D eigenvalue weighted by Gasteiger charge is 2.24. The summed E-state index contributed by atoms with van der Waals surface area (Å²) in [6.45, 7) is 2.34. The van der Waals surface area contributed by atoms with Crippen LogP contribution in [0.15, 0.2) is 41.4 Å². The van der Waals surface area contributed by atoms with Gasteiger partial charge >= 0.3 is 0 Å². The number of aromatic nitrogens is 2. The van der Waals surface area contributed by atoms with Gasteiger partial charge in [0.15, 0.2) is 0 Å². The zero-order valence-corrected chi connectivity index (χ0v) is 18.5. The molecule has 0 radical (unpaired) electrons. The number of hydrogen-bond donors (Lipinski definition) is 1. The molecule has 1 aliphatic rings. The van der Waals surface area contributed by atoms with Crippen LogP contribution < -0.4 is 4.72 Å². The van der Waals surface area contributed by atoms with Gasteiger partial charge in [-0.15, -0.1) is 0 Å². The number of rotatable bonds is 5. The second-order valence-electron chi connectivity index (χ2n) is 8.34. The van der Waals surface area contributed by atoms with E-state index in [0.29, 0.717) is 17.1 Å². The van der Waals surface area contributed by atoms with Crippen LogP contribution >= 0.6 is 0 Å². The largest absolute Gasteiger partial charge is 0.267 e. The molecule has 1 fully saturated rings. The fraction of sp³-hybridized carbons (Fsp3) is 0.609. The molecule has 1 heterocycles. The van der Waals surface area contributed by atoms with Crippen LogP contribution in [0, 0.1) is 6.92 Å². The number of hydrogen-bond acceptors (Lipinski definition) is 3. The summed E-state index contributed by atoms with van der Waals surface area (Å²) in [5.74, 6) is 0. The second kappa shape index (κ2) is 10.9. The maximum Gasteiger partial charge on any atom is 0.244 e. The summed E-state index contributed by atoms with van der Waals surface area (Å²) in [6, 6.07) is 10.0. The molecule has 0 aliphatic heterocycles. The van der Waals surface area contributed by atoms with Crippen LogP contribution in [0.1, 0.15) is 81.9 Å². The summed E-state index contributed by atoms with van der Waals surface area (Å²) in [5, 5.41) is 4.45. The third kappa shape index (κ3) is 6.96. The Morgan fingerprint density at radius 1 is 0.931 bits per heavy atom. The molecule has 1 aliphatic carbocycles. The zero-order valence-electron chi connectivity index (χ0n) is 17.6. The van der Waals surface area contributed by atoms with Crippen molar-refractivity contribution in [3.05, 3.63) is 47.8 Å². The van der Waals surface area contributed by atoms with Crippen LogP contribution in [0.3, 0.4) is 0 Å². The van der Waals surface area contributed by atoms with Gasteiger partial charge in [-0.2, -0.15) is 5.10 Å². The van der Waals surface area contributed by atoms with E-state index >= 15 is 0 Å². The van der Waals surface area contributed by atoms with E-state index in [9.17, 15) is 8.42 Å². The molecule has 160 valence electrons. The first-order chi connectivity index (χ1) is 14.0. The minimum atomic E-state index is -3.56. The Morgan fingerprint density at radius 2 is 1.48 bits per heavy atom. The van der Waals surface area contributed by atoms with Crippen LogP contribution in [0.4, 0.5) is 0 Å². The topological polar surface area (TPSA) is 64.0 Å². The van der Waals surface area contributed by atoms with Gasteiger partial charge in [-0.05, 0) is 25.3 Å². The SMILES string of the molecule is Cc1nn(Cc2ccccc2)cc1S(=O)(=O)NC1CCCCCCCCCCC1. The van der Waals surface area contributed by atoms with Gasteiger partial charge in [0, 0.05) is 12.2 Å². The van der Waals surface area contributed by atoms with Crippen LogP contribution in [0.2, 0.25) is 0 Å². The summed E-state index contributed by atoms with van der Waals surface area (Å²) in [7, 11) is -3.56. The average Bonchev–Trinajstić information content (AvgIpc) is 3.06. The lowest BCUT2D eigenvalue weighted by Crippen LogP contribution is -2.35. The molecule has 1 aromatic carbocycles. The number of aryl methyl sites for hydroxylation is 1. The molecule has 2 aromatic rings. The Kier molecular flexibility index (Phi) is 8.30. The summed E-state index contributed by atoms with van der Waals surface area (Å²) in [4.78, 5) is 0.305. The van der Waals surface area contributed by atoms with Crippen molar-refractivity contribution in [2.45, 2.75) is 95.0 Å². The Hall–Kier alpha value is -1.66. The van der Waals surface area contributed by atoms with Gasteiger partial charge < -0.3 is 0 Å². The number of benzene rings is 1. The van der Waals surface area contributed by atoms with Crippen LogP contribution in [0.5, 0.6) is 0 Å². The number of nitrogens with one attached hydrogen (secondary N) is 1. The Balaban J connectivity index is 1.66. The first kappa shape index (κ1) is 22.0. The molecule has 1 N–H and O–H groups in total. The van der Waals surface area contributed by atoms with Gasteiger partial charge in [-0.25, -0.2) is 13.1 Å². The molecule has 1 saturated carbocycles. The Labute approximate surface area is 176 Å². The average molecular weight is 418 g/mol. The molecule has 5 nitrogen and oxygen atoms in total. The maximum absolute atomic E-state index is 13.1. The van der Waals surface area contributed by atoms with Gasteiger partial charge in [0.25, 0.3) is 0 Å². The summed E-state index contributed by atoms with van der Waals surface area (Å²) < 4.78 is 30.9. The summed E-state index contributed by atoms with van der Waals surface area (Å²) in [5.41, 5.74) is 1.66. The van der Waals surface area contributed by atoms with Crippen molar-refractivity contribution in [1.82, 2.24) is 14.5 Å². The molecule has 3 rings (SSSR count). The van der Waals surface area contributed by atoms with E-state index in [-0.39, 0.29) is 6.04 Å². The van der Waals surface area contributed by atoms with Crippen molar-refractivity contribution >= 4 is 10.0 Å². The normalized spacial score (nSPS) is 18.1. The number of sulfonamides is 1. The standard InChI is InChI=1S/C23H35N3O2S/c1-20-23(19-26(24-20)18-21-14-10-9-11-15-21)29(27,28)25-22-16-12-7-5-3-2-4-6-8-13-17-22/h9-11,14-15,19,22,25H,2-8,12-13,16-18H2,1H3. The minimum absolute atomic E-state index is 0.0244. The van der Waals surface area contributed by atoms with E-state index in [4.69, 9.17) is 0 Å². The first-order valence-corrected chi connectivity index (χ1v) is 12.6. The minimum Gasteiger partial charge on any atom is -0.267 e. The van der Waals surface area contributed by atoms with Gasteiger partial charge in [-0.3, -0.25) is 4.68 Å². The van der Waals surface area contributed by atoms with Gasteiger partial charge in [0.05, 0.1) is 12.2 Å². The summed E-state index contributed by atoms with van der Waals surface area (Å²) in [6.07, 6.45) is 14.6. The lowest BCUT2D eigenvalue weighted by atomic mass is 9.98. The van der Waals surface area contributed by atoms with Crippen molar-refractivity contribution < 1.29 is 8.42 Å². The van der Waals surface area contributed by atoms with Gasteiger partial charge in [0.1, 0.15) is 4.90 Å². The fourth-order valence-electron chi connectivity index (χ4n) is 4.18. The van der Waals surface area contributed by atoms with Gasteiger partial charge in [0.2, 0.25) is 10.0 Å². The lowest BCUT2D eigenvalue weighted by molar-refractivity contribution is 0.440. The zero-order chi connectivity index (χ0) is 20.5. The molecular weight excluding hydrogens is 382 g/mol. The highest BCUT2D eigenvalue weighted by atomic mass is 32.2. The third-order valence-corrected chi connectivity index (χ3v) is 7.43. The first-order valence-electron chi connectivity index (χ1n) is 11.1. The Bertz CT molecular complexity index is 834. The molecule has 29 heavy (non-hydrogen) atoms. The van der Waals surface area contributed by atoms with E-state index in [0.717, 1.165) is 31.2 Å². The maximum atomic E-state index is 13.1. The van der Waals surface area contributed by atoms with E-state index < -0.39 is 10.0 Å². The highest BCUT2D eigenvalue weighted by molar-refractivity contribution is 7.89. The monoisotopic (exact) mass is 417 g/mol. The van der Waals surface area contributed by atoms with E-state index in [2.05, 4.69) is 9.82 Å². The van der Waals surface area contributed by atoms with Crippen molar-refractivity contribution in [2.24, 2.45) is 0 Å². The van der Waals surface area contributed by atoms with Crippen LogP contribution in [0.25, 0.3) is 0 Å². The second-order valence-corrected chi connectivity index (χ2v) is 10.0.